The first kappa shape index (κ1) is 11.1. The summed E-state index contributed by atoms with van der Waals surface area (Å²) in [6, 6.07) is 0. The molecular formula is C11H18BrN3. The number of imidazole rings is 1. The number of hydrogen-bond donors (Lipinski definition) is 0. The second kappa shape index (κ2) is 4.26. The molecule has 0 radical (unpaired) electrons. The van der Waals surface area contributed by atoms with Crippen LogP contribution < -0.4 is 0 Å². The third kappa shape index (κ3) is 2.61. The SMILES string of the molecule is CN(Cc1nccn1C)CC1(CBr)CC1. The van der Waals surface area contributed by atoms with Gasteiger partial charge in [-0.15, -0.1) is 0 Å². The van der Waals surface area contributed by atoms with Crippen LogP contribution in [0.25, 0.3) is 0 Å². The average molecular weight is 272 g/mol. The molecule has 0 aromatic carbocycles. The van der Waals surface area contributed by atoms with Gasteiger partial charge >= 0.3 is 0 Å². The van der Waals surface area contributed by atoms with Crippen LogP contribution in [-0.4, -0.2) is 33.4 Å². The normalized spacial score (nSPS) is 18.4. The first-order valence-corrected chi connectivity index (χ1v) is 6.48. The molecule has 4 heteroatoms. The van der Waals surface area contributed by atoms with Gasteiger partial charge in [-0.1, -0.05) is 15.9 Å². The molecule has 0 amide bonds. The van der Waals surface area contributed by atoms with E-state index in [4.69, 9.17) is 0 Å². The lowest BCUT2D eigenvalue weighted by atomic mass is 10.1. The van der Waals surface area contributed by atoms with Crippen molar-refractivity contribution in [3.8, 4) is 0 Å². The molecule has 0 N–H and O–H groups in total. The molecule has 1 fully saturated rings. The summed E-state index contributed by atoms with van der Waals surface area (Å²) < 4.78 is 2.09. The Balaban J connectivity index is 1.87. The minimum atomic E-state index is 0.555. The lowest BCUT2D eigenvalue weighted by Crippen LogP contribution is -2.28. The van der Waals surface area contributed by atoms with E-state index in [-0.39, 0.29) is 0 Å². The average Bonchev–Trinajstić information content (AvgIpc) is 2.86. The van der Waals surface area contributed by atoms with Gasteiger partial charge in [0.05, 0.1) is 6.54 Å². The van der Waals surface area contributed by atoms with Gasteiger partial charge in [0.1, 0.15) is 5.82 Å². The molecule has 0 saturated heterocycles. The van der Waals surface area contributed by atoms with Crippen LogP contribution in [0, 0.1) is 5.41 Å². The van der Waals surface area contributed by atoms with Gasteiger partial charge in [0.25, 0.3) is 0 Å². The van der Waals surface area contributed by atoms with Crippen LogP contribution in [0.1, 0.15) is 18.7 Å². The summed E-state index contributed by atoms with van der Waals surface area (Å²) in [7, 11) is 4.23. The van der Waals surface area contributed by atoms with Crippen molar-refractivity contribution in [3.05, 3.63) is 18.2 Å². The summed E-state index contributed by atoms with van der Waals surface area (Å²) in [5.41, 5.74) is 0.555. The van der Waals surface area contributed by atoms with Gasteiger partial charge in [0.15, 0.2) is 0 Å². The molecule has 3 nitrogen and oxygen atoms in total. The van der Waals surface area contributed by atoms with Gasteiger partial charge < -0.3 is 4.57 Å². The van der Waals surface area contributed by atoms with Gasteiger partial charge in [0, 0.05) is 31.3 Å². The van der Waals surface area contributed by atoms with Crippen molar-refractivity contribution in [3.63, 3.8) is 0 Å². The predicted octanol–water partition coefficient (Wildman–Crippen LogP) is 2.03. The number of aryl methyl sites for hydroxylation is 1. The molecule has 1 aromatic rings. The maximum absolute atomic E-state index is 4.34. The fourth-order valence-corrected chi connectivity index (χ4v) is 2.67. The quantitative estimate of drug-likeness (QED) is 0.765. The fourth-order valence-electron chi connectivity index (χ4n) is 1.93. The van der Waals surface area contributed by atoms with E-state index < -0.39 is 0 Å². The van der Waals surface area contributed by atoms with Crippen LogP contribution in [-0.2, 0) is 13.6 Å². The van der Waals surface area contributed by atoms with E-state index in [1.165, 1.54) is 19.4 Å². The number of halogens is 1. The second-order valence-electron chi connectivity index (χ2n) is 4.76. The zero-order valence-corrected chi connectivity index (χ0v) is 11.0. The minimum Gasteiger partial charge on any atom is -0.337 e. The first-order chi connectivity index (χ1) is 7.15. The first-order valence-electron chi connectivity index (χ1n) is 5.36. The highest BCUT2D eigenvalue weighted by Gasteiger charge is 2.42. The monoisotopic (exact) mass is 271 g/mol. The van der Waals surface area contributed by atoms with E-state index in [2.05, 4.69) is 37.4 Å². The van der Waals surface area contributed by atoms with Gasteiger partial charge in [-0.2, -0.15) is 0 Å². The standard InChI is InChI=1S/C11H18BrN3/c1-14(9-11(8-12)3-4-11)7-10-13-5-6-15(10)2/h5-6H,3-4,7-9H2,1-2H3. The Kier molecular flexibility index (Phi) is 3.16. The summed E-state index contributed by atoms with van der Waals surface area (Å²) >= 11 is 3.61. The number of aromatic nitrogens is 2. The van der Waals surface area contributed by atoms with Crippen molar-refractivity contribution in [1.29, 1.82) is 0 Å². The Hall–Kier alpha value is -0.350. The van der Waals surface area contributed by atoms with Crippen LogP contribution in [0.2, 0.25) is 0 Å². The highest BCUT2D eigenvalue weighted by molar-refractivity contribution is 9.09. The molecule has 0 spiro atoms. The van der Waals surface area contributed by atoms with Crippen molar-refractivity contribution in [1.82, 2.24) is 14.5 Å². The van der Waals surface area contributed by atoms with Crippen LogP contribution >= 0.6 is 15.9 Å². The molecule has 1 aliphatic carbocycles. The molecular weight excluding hydrogens is 254 g/mol. The molecule has 84 valence electrons. The maximum atomic E-state index is 4.34. The molecule has 1 aromatic heterocycles. The van der Waals surface area contributed by atoms with Crippen LogP contribution in [0.3, 0.4) is 0 Å². The van der Waals surface area contributed by atoms with E-state index in [1.807, 2.05) is 19.4 Å². The van der Waals surface area contributed by atoms with Gasteiger partial charge in [-0.25, -0.2) is 4.98 Å². The Morgan fingerprint density at radius 3 is 2.80 bits per heavy atom. The lowest BCUT2D eigenvalue weighted by molar-refractivity contribution is 0.263. The van der Waals surface area contributed by atoms with Crippen LogP contribution in [0.15, 0.2) is 12.4 Å². The predicted molar refractivity (Wildman–Crippen MR) is 65.0 cm³/mol. The third-order valence-corrected chi connectivity index (χ3v) is 4.37. The molecule has 1 saturated carbocycles. The Morgan fingerprint density at radius 2 is 2.33 bits per heavy atom. The molecule has 1 aliphatic rings. The Bertz CT molecular complexity index is 330. The van der Waals surface area contributed by atoms with Crippen molar-refractivity contribution in [2.24, 2.45) is 12.5 Å². The highest BCUT2D eigenvalue weighted by atomic mass is 79.9. The lowest BCUT2D eigenvalue weighted by Gasteiger charge is -2.21. The molecule has 0 bridgehead atoms. The van der Waals surface area contributed by atoms with E-state index in [0.29, 0.717) is 5.41 Å². The van der Waals surface area contributed by atoms with Crippen molar-refractivity contribution in [2.45, 2.75) is 19.4 Å². The van der Waals surface area contributed by atoms with E-state index >= 15 is 0 Å². The van der Waals surface area contributed by atoms with Crippen LogP contribution in [0.5, 0.6) is 0 Å². The van der Waals surface area contributed by atoms with Gasteiger partial charge in [0.2, 0.25) is 0 Å². The van der Waals surface area contributed by atoms with Gasteiger partial charge in [-0.05, 0) is 25.3 Å². The topological polar surface area (TPSA) is 21.1 Å². The van der Waals surface area contributed by atoms with E-state index in [0.717, 1.165) is 17.7 Å². The molecule has 0 aliphatic heterocycles. The summed E-state index contributed by atoms with van der Waals surface area (Å²) in [6.45, 7) is 2.11. The van der Waals surface area contributed by atoms with Crippen LogP contribution in [0.4, 0.5) is 0 Å². The molecule has 1 heterocycles. The summed E-state index contributed by atoms with van der Waals surface area (Å²) in [4.78, 5) is 6.71. The largest absolute Gasteiger partial charge is 0.337 e. The second-order valence-corrected chi connectivity index (χ2v) is 5.32. The Morgan fingerprint density at radius 1 is 1.60 bits per heavy atom. The number of hydrogen-bond acceptors (Lipinski definition) is 2. The van der Waals surface area contributed by atoms with Gasteiger partial charge in [-0.3, -0.25) is 4.90 Å². The molecule has 0 atom stereocenters. The smallest absolute Gasteiger partial charge is 0.122 e. The zero-order valence-electron chi connectivity index (χ0n) is 9.41. The summed E-state index contributed by atoms with van der Waals surface area (Å²) in [5.74, 6) is 1.14. The van der Waals surface area contributed by atoms with E-state index in [9.17, 15) is 0 Å². The number of nitrogens with zero attached hydrogens (tertiary/aromatic N) is 3. The molecule has 0 unspecified atom stereocenters. The molecule has 15 heavy (non-hydrogen) atoms. The molecule has 2 rings (SSSR count). The summed E-state index contributed by atoms with van der Waals surface area (Å²) in [6.07, 6.45) is 6.59. The zero-order chi connectivity index (χ0) is 10.9. The maximum Gasteiger partial charge on any atom is 0.122 e. The van der Waals surface area contributed by atoms with E-state index in [1.54, 1.807) is 0 Å². The number of rotatable bonds is 5. The highest BCUT2D eigenvalue weighted by Crippen LogP contribution is 2.47. The van der Waals surface area contributed by atoms with Crippen molar-refractivity contribution in [2.75, 3.05) is 18.9 Å². The van der Waals surface area contributed by atoms with Crippen molar-refractivity contribution < 1.29 is 0 Å². The summed E-state index contributed by atoms with van der Waals surface area (Å²) in [5, 5.41) is 1.13. The third-order valence-electron chi connectivity index (χ3n) is 3.18. The number of alkyl halides is 1. The minimum absolute atomic E-state index is 0.555. The Labute approximate surface area is 99.6 Å². The fraction of sp³-hybridized carbons (Fsp3) is 0.727. The van der Waals surface area contributed by atoms with Crippen molar-refractivity contribution >= 4 is 15.9 Å².